The Morgan fingerprint density at radius 3 is 2.65 bits per heavy atom. The lowest BCUT2D eigenvalue weighted by Gasteiger charge is -2.34. The number of amides is 1. The van der Waals surface area contributed by atoms with Gasteiger partial charge in [-0.1, -0.05) is 30.3 Å². The molecule has 2 unspecified atom stereocenters. The third kappa shape index (κ3) is 5.54. The van der Waals surface area contributed by atoms with Gasteiger partial charge < -0.3 is 14.4 Å². The summed E-state index contributed by atoms with van der Waals surface area (Å²) in [5.74, 6) is 0.0412. The van der Waals surface area contributed by atoms with E-state index >= 15 is 0 Å². The Bertz CT molecular complexity index is 877. The van der Waals surface area contributed by atoms with Gasteiger partial charge in [-0.05, 0) is 11.6 Å². The number of morpholine rings is 1. The van der Waals surface area contributed by atoms with Crippen LogP contribution in [0, 0.1) is 0 Å². The minimum Gasteiger partial charge on any atom is -0.472 e. The Morgan fingerprint density at radius 1 is 1.13 bits per heavy atom. The van der Waals surface area contributed by atoms with Gasteiger partial charge in [0.25, 0.3) is 5.91 Å². The maximum absolute atomic E-state index is 12.9. The van der Waals surface area contributed by atoms with Gasteiger partial charge in [0, 0.05) is 44.9 Å². The van der Waals surface area contributed by atoms with Gasteiger partial charge in [0.2, 0.25) is 5.88 Å². The van der Waals surface area contributed by atoms with Crippen molar-refractivity contribution in [2.24, 2.45) is 0 Å². The summed E-state index contributed by atoms with van der Waals surface area (Å²) >= 11 is 0. The molecule has 0 aliphatic carbocycles. The quantitative estimate of drug-likeness (QED) is 0.723. The van der Waals surface area contributed by atoms with E-state index in [1.807, 2.05) is 18.2 Å². The van der Waals surface area contributed by atoms with Crippen LogP contribution in [0.3, 0.4) is 0 Å². The highest BCUT2D eigenvalue weighted by atomic mass is 19.4. The molecule has 2 aliphatic heterocycles. The monoisotopic (exact) mass is 435 g/mol. The predicted molar refractivity (Wildman–Crippen MR) is 106 cm³/mol. The highest BCUT2D eigenvalue weighted by molar-refractivity contribution is 5.81. The van der Waals surface area contributed by atoms with Gasteiger partial charge in [0.1, 0.15) is 12.2 Å². The van der Waals surface area contributed by atoms with E-state index < -0.39 is 17.8 Å². The number of pyridine rings is 1. The first kappa shape index (κ1) is 21.6. The largest absolute Gasteiger partial charge is 0.472 e. The second-order valence-corrected chi connectivity index (χ2v) is 7.78. The van der Waals surface area contributed by atoms with Gasteiger partial charge in [0.15, 0.2) is 0 Å². The first-order valence-corrected chi connectivity index (χ1v) is 10.2. The minimum atomic E-state index is -4.43. The van der Waals surface area contributed by atoms with Crippen LogP contribution in [0.15, 0.2) is 48.7 Å². The number of halogens is 3. The Balaban J connectivity index is 1.29. The number of hydrogen-bond donors (Lipinski definition) is 0. The molecule has 2 aromatic rings. The summed E-state index contributed by atoms with van der Waals surface area (Å²) in [5.41, 5.74) is 0.367. The van der Waals surface area contributed by atoms with Crippen molar-refractivity contribution in [2.45, 2.75) is 31.3 Å². The van der Waals surface area contributed by atoms with Gasteiger partial charge in [-0.25, -0.2) is 4.98 Å². The van der Waals surface area contributed by atoms with Crippen LogP contribution in [-0.2, 0) is 22.3 Å². The molecular weight excluding hydrogens is 411 g/mol. The van der Waals surface area contributed by atoms with Gasteiger partial charge in [0.05, 0.1) is 18.7 Å². The van der Waals surface area contributed by atoms with Crippen molar-refractivity contribution in [2.75, 3.05) is 32.8 Å². The maximum atomic E-state index is 12.9. The normalized spacial score (nSPS) is 22.5. The average Bonchev–Trinajstić information content (AvgIpc) is 3.22. The molecule has 4 rings (SSSR count). The number of aromatic nitrogens is 1. The van der Waals surface area contributed by atoms with Crippen LogP contribution in [-0.4, -0.2) is 65.7 Å². The standard InChI is InChI=1S/C22H24F3N3O3/c23-22(24,25)17-6-7-20(26-12-17)31-18-8-9-28(14-18)21(29)19-15-27(10-11-30-19)13-16-4-2-1-3-5-16/h1-7,12,18-19H,8-11,13-15H2. The summed E-state index contributed by atoms with van der Waals surface area (Å²) in [6, 6.07) is 12.2. The number of likely N-dealkylation sites (tertiary alicyclic amines) is 1. The molecule has 2 atom stereocenters. The van der Waals surface area contributed by atoms with E-state index in [1.165, 1.54) is 11.6 Å². The predicted octanol–water partition coefficient (Wildman–Crippen LogP) is 2.98. The average molecular weight is 435 g/mol. The molecule has 0 radical (unpaired) electrons. The van der Waals surface area contributed by atoms with Crippen LogP contribution in [0.25, 0.3) is 0 Å². The number of benzene rings is 1. The summed E-state index contributed by atoms with van der Waals surface area (Å²) in [7, 11) is 0. The summed E-state index contributed by atoms with van der Waals surface area (Å²) in [5, 5.41) is 0. The van der Waals surface area contributed by atoms with E-state index in [2.05, 4.69) is 22.0 Å². The smallest absolute Gasteiger partial charge is 0.417 e. The Kier molecular flexibility index (Phi) is 6.43. The fraction of sp³-hybridized carbons (Fsp3) is 0.455. The van der Waals surface area contributed by atoms with Crippen molar-refractivity contribution in [3.05, 3.63) is 59.8 Å². The van der Waals surface area contributed by atoms with Crippen molar-refractivity contribution >= 4 is 5.91 Å². The molecule has 3 heterocycles. The molecule has 6 nitrogen and oxygen atoms in total. The topological polar surface area (TPSA) is 54.9 Å². The summed E-state index contributed by atoms with van der Waals surface area (Å²) in [6.07, 6.45) is -3.92. The van der Waals surface area contributed by atoms with Crippen molar-refractivity contribution in [3.8, 4) is 5.88 Å². The summed E-state index contributed by atoms with van der Waals surface area (Å²) < 4.78 is 49.4. The Labute approximate surface area is 178 Å². The number of alkyl halides is 3. The van der Waals surface area contributed by atoms with Crippen molar-refractivity contribution < 1.29 is 27.4 Å². The van der Waals surface area contributed by atoms with Crippen molar-refractivity contribution in [1.82, 2.24) is 14.8 Å². The number of hydrogen-bond acceptors (Lipinski definition) is 5. The molecule has 9 heteroatoms. The zero-order valence-electron chi connectivity index (χ0n) is 16.9. The van der Waals surface area contributed by atoms with E-state index in [9.17, 15) is 18.0 Å². The number of carbonyl (C=O) groups is 1. The summed E-state index contributed by atoms with van der Waals surface area (Å²) in [4.78, 5) is 20.6. The molecular formula is C22H24F3N3O3. The third-order valence-electron chi connectivity index (χ3n) is 5.48. The SMILES string of the molecule is O=C(C1CN(Cc2ccccc2)CCO1)N1CCC(Oc2ccc(C(F)(F)F)cn2)C1. The van der Waals surface area contributed by atoms with E-state index in [1.54, 1.807) is 4.90 Å². The van der Waals surface area contributed by atoms with Crippen molar-refractivity contribution in [1.29, 1.82) is 0 Å². The fourth-order valence-electron chi connectivity index (χ4n) is 3.85. The number of carbonyl (C=O) groups excluding carboxylic acids is 1. The van der Waals surface area contributed by atoms with Gasteiger partial charge >= 0.3 is 6.18 Å². The van der Waals surface area contributed by atoms with E-state index in [4.69, 9.17) is 9.47 Å². The molecule has 2 fully saturated rings. The molecule has 2 saturated heterocycles. The minimum absolute atomic E-state index is 0.0794. The van der Waals surface area contributed by atoms with Crippen LogP contribution in [0.5, 0.6) is 5.88 Å². The molecule has 0 saturated carbocycles. The molecule has 1 aromatic heterocycles. The van der Waals surface area contributed by atoms with E-state index in [-0.39, 0.29) is 17.9 Å². The first-order chi connectivity index (χ1) is 14.9. The Hall–Kier alpha value is -2.65. The molecule has 0 spiro atoms. The van der Waals surface area contributed by atoms with Crippen LogP contribution in [0.1, 0.15) is 17.5 Å². The lowest BCUT2D eigenvalue weighted by atomic mass is 10.2. The molecule has 1 amide bonds. The zero-order chi connectivity index (χ0) is 21.8. The maximum Gasteiger partial charge on any atom is 0.417 e. The van der Waals surface area contributed by atoms with Gasteiger partial charge in [-0.2, -0.15) is 13.2 Å². The zero-order valence-corrected chi connectivity index (χ0v) is 16.9. The van der Waals surface area contributed by atoms with E-state index in [0.717, 1.165) is 25.4 Å². The summed E-state index contributed by atoms with van der Waals surface area (Å²) in [6.45, 7) is 3.43. The molecule has 166 valence electrons. The second kappa shape index (κ2) is 9.23. The molecule has 1 aromatic carbocycles. The van der Waals surface area contributed by atoms with Gasteiger partial charge in [-0.15, -0.1) is 0 Å². The van der Waals surface area contributed by atoms with Crippen LogP contribution < -0.4 is 4.74 Å². The molecule has 0 N–H and O–H groups in total. The number of nitrogens with zero attached hydrogens (tertiary/aromatic N) is 3. The lowest BCUT2D eigenvalue weighted by Crippen LogP contribution is -2.50. The number of rotatable bonds is 5. The van der Waals surface area contributed by atoms with Crippen molar-refractivity contribution in [3.63, 3.8) is 0 Å². The molecule has 0 bridgehead atoms. The third-order valence-corrected chi connectivity index (χ3v) is 5.48. The van der Waals surface area contributed by atoms with Gasteiger partial charge in [-0.3, -0.25) is 9.69 Å². The van der Waals surface area contributed by atoms with Crippen LogP contribution in [0.4, 0.5) is 13.2 Å². The first-order valence-electron chi connectivity index (χ1n) is 10.2. The molecule has 2 aliphatic rings. The fourth-order valence-corrected chi connectivity index (χ4v) is 3.85. The van der Waals surface area contributed by atoms with E-state index in [0.29, 0.717) is 32.7 Å². The molecule has 31 heavy (non-hydrogen) atoms. The van der Waals surface area contributed by atoms with Crippen LogP contribution >= 0.6 is 0 Å². The highest BCUT2D eigenvalue weighted by Crippen LogP contribution is 2.29. The second-order valence-electron chi connectivity index (χ2n) is 7.78. The van der Waals surface area contributed by atoms with Crippen LogP contribution in [0.2, 0.25) is 0 Å². The Morgan fingerprint density at radius 2 is 1.94 bits per heavy atom. The lowest BCUT2D eigenvalue weighted by molar-refractivity contribution is -0.149. The number of ether oxygens (including phenoxy) is 2. The highest BCUT2D eigenvalue weighted by Gasteiger charge is 2.35.